The molecule has 0 amide bonds. The van der Waals surface area contributed by atoms with E-state index in [-0.39, 0.29) is 15.5 Å². The molecule has 7 nitrogen and oxygen atoms in total. The van der Waals surface area contributed by atoms with Crippen molar-refractivity contribution in [2.45, 2.75) is 17.9 Å². The number of halogens is 1. The second kappa shape index (κ2) is 7.86. The number of carbonyl (C=O) groups excluding carboxylic acids is 2. The first-order valence-electron chi connectivity index (χ1n) is 7.35. The molecule has 0 aliphatic carbocycles. The third-order valence-corrected chi connectivity index (χ3v) is 4.75. The molecule has 0 aliphatic heterocycles. The molecule has 138 valence electrons. The zero-order valence-electron chi connectivity index (χ0n) is 13.9. The highest BCUT2D eigenvalue weighted by molar-refractivity contribution is 7.89. The summed E-state index contributed by atoms with van der Waals surface area (Å²) in [6.07, 6.45) is -1.11. The Labute approximate surface area is 155 Å². The van der Waals surface area contributed by atoms with E-state index in [1.54, 1.807) is 24.3 Å². The molecular weight excluding hydrogens is 382 g/mol. The van der Waals surface area contributed by atoms with Crippen LogP contribution in [0.15, 0.2) is 47.4 Å². The summed E-state index contributed by atoms with van der Waals surface area (Å²) in [5.74, 6) is -0.785. The molecule has 0 saturated carbocycles. The predicted octanol–water partition coefficient (Wildman–Crippen LogP) is 2.42. The fraction of sp³-hybridized carbons (Fsp3) is 0.176. The lowest BCUT2D eigenvalue weighted by Gasteiger charge is -2.13. The van der Waals surface area contributed by atoms with Crippen LogP contribution < -0.4 is 9.88 Å². The van der Waals surface area contributed by atoms with Crippen molar-refractivity contribution in [3.63, 3.8) is 0 Å². The Hall–Kier alpha value is -2.42. The molecule has 2 rings (SSSR count). The summed E-state index contributed by atoms with van der Waals surface area (Å²) in [5, 5.41) is 5.02. The minimum Gasteiger partial charge on any atom is -0.497 e. The van der Waals surface area contributed by atoms with E-state index >= 15 is 0 Å². The number of methoxy groups -OCH3 is 1. The zero-order valence-corrected chi connectivity index (χ0v) is 15.5. The van der Waals surface area contributed by atoms with Gasteiger partial charge in [-0.3, -0.25) is 4.79 Å². The molecule has 9 heteroatoms. The van der Waals surface area contributed by atoms with Gasteiger partial charge in [0.15, 0.2) is 6.10 Å². The van der Waals surface area contributed by atoms with E-state index < -0.39 is 27.9 Å². The van der Waals surface area contributed by atoms with Crippen LogP contribution >= 0.6 is 11.6 Å². The number of primary sulfonamides is 1. The standard InChI is InChI=1S/C17H16ClNO6S/c1-10(16(20)11-3-5-12(24-2)6-4-11)25-17(21)14-9-13(26(19,22)23)7-8-15(14)18/h3-10H,1-2H3,(H2,19,22,23)/t10-/m0/s1. The Balaban J connectivity index is 2.19. The van der Waals surface area contributed by atoms with Gasteiger partial charge in [0.25, 0.3) is 0 Å². The number of hydrogen-bond donors (Lipinski definition) is 1. The summed E-state index contributed by atoms with van der Waals surface area (Å²) >= 11 is 5.92. The third-order valence-electron chi connectivity index (χ3n) is 3.51. The van der Waals surface area contributed by atoms with Gasteiger partial charge in [-0.05, 0) is 49.4 Å². The lowest BCUT2D eigenvalue weighted by molar-refractivity contribution is 0.0318. The van der Waals surface area contributed by atoms with Crippen molar-refractivity contribution in [3.8, 4) is 5.75 Å². The average Bonchev–Trinajstić information content (AvgIpc) is 2.60. The van der Waals surface area contributed by atoms with Gasteiger partial charge in [-0.15, -0.1) is 0 Å². The number of nitrogens with two attached hydrogens (primary N) is 1. The van der Waals surface area contributed by atoms with Crippen LogP contribution in [-0.2, 0) is 14.8 Å². The van der Waals surface area contributed by atoms with Gasteiger partial charge in [0, 0.05) is 5.56 Å². The molecule has 2 aromatic carbocycles. The molecule has 0 spiro atoms. The van der Waals surface area contributed by atoms with E-state index in [9.17, 15) is 18.0 Å². The summed E-state index contributed by atoms with van der Waals surface area (Å²) in [4.78, 5) is 24.3. The molecule has 0 aliphatic rings. The van der Waals surface area contributed by atoms with Crippen LogP contribution in [0.4, 0.5) is 0 Å². The number of carbonyl (C=O) groups is 2. The summed E-state index contributed by atoms with van der Waals surface area (Å²) in [6, 6.07) is 9.68. The summed E-state index contributed by atoms with van der Waals surface area (Å²) in [6.45, 7) is 1.40. The number of ether oxygens (including phenoxy) is 2. The largest absolute Gasteiger partial charge is 0.497 e. The fourth-order valence-electron chi connectivity index (χ4n) is 2.11. The quantitative estimate of drug-likeness (QED) is 0.591. The van der Waals surface area contributed by atoms with Gasteiger partial charge in [0.2, 0.25) is 15.8 Å². The van der Waals surface area contributed by atoms with Crippen molar-refractivity contribution in [1.82, 2.24) is 0 Å². The highest BCUT2D eigenvalue weighted by atomic mass is 35.5. The molecule has 26 heavy (non-hydrogen) atoms. The maximum atomic E-state index is 12.4. The first kappa shape index (κ1) is 19.9. The Morgan fingerprint density at radius 1 is 1.12 bits per heavy atom. The molecule has 0 unspecified atom stereocenters. The summed E-state index contributed by atoms with van der Waals surface area (Å²) in [5.41, 5.74) is 0.128. The SMILES string of the molecule is COc1ccc(C(=O)[C@H](C)OC(=O)c2cc(S(N)(=O)=O)ccc2Cl)cc1. The van der Waals surface area contributed by atoms with Gasteiger partial charge in [-0.25, -0.2) is 18.4 Å². The van der Waals surface area contributed by atoms with Gasteiger partial charge >= 0.3 is 5.97 Å². The van der Waals surface area contributed by atoms with Gasteiger partial charge in [-0.2, -0.15) is 0 Å². The van der Waals surface area contributed by atoms with E-state index in [1.165, 1.54) is 26.2 Å². The van der Waals surface area contributed by atoms with Crippen molar-refractivity contribution < 1.29 is 27.5 Å². The van der Waals surface area contributed by atoms with Crippen LogP contribution in [-0.4, -0.2) is 33.4 Å². The summed E-state index contributed by atoms with van der Waals surface area (Å²) < 4.78 is 32.9. The van der Waals surface area contributed by atoms with Crippen molar-refractivity contribution in [2.24, 2.45) is 5.14 Å². The minimum absolute atomic E-state index is 0.0218. The first-order chi connectivity index (χ1) is 12.1. The maximum absolute atomic E-state index is 12.4. The van der Waals surface area contributed by atoms with Gasteiger partial charge in [0.1, 0.15) is 5.75 Å². The Morgan fingerprint density at radius 2 is 1.73 bits per heavy atom. The number of ketones is 1. The number of rotatable bonds is 6. The van der Waals surface area contributed by atoms with Crippen LogP contribution in [0.5, 0.6) is 5.75 Å². The molecule has 0 aromatic heterocycles. The Morgan fingerprint density at radius 3 is 2.27 bits per heavy atom. The van der Waals surface area contributed by atoms with E-state index in [2.05, 4.69) is 0 Å². The van der Waals surface area contributed by atoms with Crippen LogP contribution in [0.1, 0.15) is 27.6 Å². The second-order valence-electron chi connectivity index (χ2n) is 5.33. The van der Waals surface area contributed by atoms with Crippen LogP contribution in [0, 0.1) is 0 Å². The monoisotopic (exact) mass is 397 g/mol. The molecule has 0 saturated heterocycles. The smallest absolute Gasteiger partial charge is 0.340 e. The highest BCUT2D eigenvalue weighted by Crippen LogP contribution is 2.22. The average molecular weight is 398 g/mol. The van der Waals surface area contributed by atoms with Crippen LogP contribution in [0.3, 0.4) is 0 Å². The van der Waals surface area contributed by atoms with E-state index in [4.69, 9.17) is 26.2 Å². The Kier molecular flexibility index (Phi) is 6.01. The van der Waals surface area contributed by atoms with Gasteiger partial charge in [0.05, 0.1) is 22.6 Å². The predicted molar refractivity (Wildman–Crippen MR) is 95.0 cm³/mol. The van der Waals surface area contributed by atoms with Crippen molar-refractivity contribution in [1.29, 1.82) is 0 Å². The zero-order chi connectivity index (χ0) is 19.5. The number of hydrogen-bond acceptors (Lipinski definition) is 6. The van der Waals surface area contributed by atoms with Gasteiger partial charge < -0.3 is 9.47 Å². The molecule has 2 N–H and O–H groups in total. The molecule has 0 radical (unpaired) electrons. The summed E-state index contributed by atoms with van der Waals surface area (Å²) in [7, 11) is -2.51. The lowest BCUT2D eigenvalue weighted by atomic mass is 10.1. The van der Waals surface area contributed by atoms with Crippen LogP contribution in [0.2, 0.25) is 5.02 Å². The minimum atomic E-state index is -4.02. The number of esters is 1. The van der Waals surface area contributed by atoms with Gasteiger partial charge in [-0.1, -0.05) is 11.6 Å². The van der Waals surface area contributed by atoms with Crippen molar-refractivity contribution in [3.05, 3.63) is 58.6 Å². The normalized spacial score (nSPS) is 12.3. The van der Waals surface area contributed by atoms with E-state index in [0.29, 0.717) is 11.3 Å². The second-order valence-corrected chi connectivity index (χ2v) is 7.30. The molecule has 0 bridgehead atoms. The number of Topliss-reactive ketones (excluding diaryl/α,β-unsaturated/α-hetero) is 1. The van der Waals surface area contributed by atoms with Crippen molar-refractivity contribution in [2.75, 3.05) is 7.11 Å². The number of sulfonamides is 1. The lowest BCUT2D eigenvalue weighted by Crippen LogP contribution is -2.25. The fourth-order valence-corrected chi connectivity index (χ4v) is 2.84. The molecule has 1 atom stereocenters. The first-order valence-corrected chi connectivity index (χ1v) is 9.27. The van der Waals surface area contributed by atoms with Crippen molar-refractivity contribution >= 4 is 33.4 Å². The van der Waals surface area contributed by atoms with E-state index in [1.807, 2.05) is 0 Å². The number of benzene rings is 2. The van der Waals surface area contributed by atoms with Crippen LogP contribution in [0.25, 0.3) is 0 Å². The Bertz CT molecular complexity index is 940. The molecule has 0 fully saturated rings. The molecule has 2 aromatic rings. The highest BCUT2D eigenvalue weighted by Gasteiger charge is 2.23. The topological polar surface area (TPSA) is 113 Å². The molecule has 0 heterocycles. The van der Waals surface area contributed by atoms with E-state index in [0.717, 1.165) is 6.07 Å². The molecular formula is C17H16ClNO6S. The maximum Gasteiger partial charge on any atom is 0.340 e. The third kappa shape index (κ3) is 4.60.